The molecule has 0 aromatic carbocycles. The van der Waals surface area contributed by atoms with Crippen LogP contribution in [0.4, 0.5) is 13.2 Å². The topological polar surface area (TPSA) is 53.1 Å². The van der Waals surface area contributed by atoms with Crippen molar-refractivity contribution in [2.75, 3.05) is 13.2 Å². The molecule has 1 aromatic heterocycles. The van der Waals surface area contributed by atoms with Crippen LogP contribution in [0.25, 0.3) is 0 Å². The van der Waals surface area contributed by atoms with Crippen molar-refractivity contribution in [1.82, 2.24) is 9.78 Å². The maximum Gasteiger partial charge on any atom is 0.391 e. The standard InChI is InChI=1S/C9H14F3N3O/c1-15-6-7(5-14-15)8(4-13)16-3-2-9(10,11)12/h5-6,8H,2-4,13H2,1H3. The first-order valence-electron chi connectivity index (χ1n) is 4.79. The fraction of sp³-hybridized carbons (Fsp3) is 0.667. The van der Waals surface area contributed by atoms with Gasteiger partial charge in [-0.2, -0.15) is 18.3 Å². The Labute approximate surface area is 91.2 Å². The van der Waals surface area contributed by atoms with Gasteiger partial charge in [0.1, 0.15) is 0 Å². The van der Waals surface area contributed by atoms with E-state index in [0.29, 0.717) is 5.56 Å². The number of ether oxygens (including phenoxy) is 1. The van der Waals surface area contributed by atoms with Crippen LogP contribution in [0.5, 0.6) is 0 Å². The van der Waals surface area contributed by atoms with E-state index in [2.05, 4.69) is 5.10 Å². The maximum atomic E-state index is 11.9. The minimum Gasteiger partial charge on any atom is -0.372 e. The molecule has 0 fully saturated rings. The summed E-state index contributed by atoms with van der Waals surface area (Å²) in [7, 11) is 1.72. The Bertz CT molecular complexity index is 324. The van der Waals surface area contributed by atoms with Crippen molar-refractivity contribution in [3.05, 3.63) is 18.0 Å². The van der Waals surface area contributed by atoms with Crippen LogP contribution in [0, 0.1) is 0 Å². The molecular weight excluding hydrogens is 223 g/mol. The molecule has 1 unspecified atom stereocenters. The first-order chi connectivity index (χ1) is 7.42. The molecular formula is C9H14F3N3O. The van der Waals surface area contributed by atoms with Gasteiger partial charge in [0, 0.05) is 25.4 Å². The molecule has 0 saturated heterocycles. The van der Waals surface area contributed by atoms with Gasteiger partial charge < -0.3 is 10.5 Å². The largest absolute Gasteiger partial charge is 0.391 e. The van der Waals surface area contributed by atoms with Crippen molar-refractivity contribution in [3.8, 4) is 0 Å². The average Bonchev–Trinajstić information content (AvgIpc) is 2.58. The summed E-state index contributed by atoms with van der Waals surface area (Å²) in [5.41, 5.74) is 6.11. The lowest BCUT2D eigenvalue weighted by molar-refractivity contribution is -0.149. The molecule has 92 valence electrons. The molecule has 0 saturated carbocycles. The van der Waals surface area contributed by atoms with Gasteiger partial charge in [-0.05, 0) is 0 Å². The summed E-state index contributed by atoms with van der Waals surface area (Å²) in [4.78, 5) is 0. The van der Waals surface area contributed by atoms with Crippen molar-refractivity contribution in [2.45, 2.75) is 18.7 Å². The van der Waals surface area contributed by atoms with Gasteiger partial charge in [0.25, 0.3) is 0 Å². The maximum absolute atomic E-state index is 11.9. The molecule has 7 heteroatoms. The van der Waals surface area contributed by atoms with Crippen LogP contribution in [0.3, 0.4) is 0 Å². The quantitative estimate of drug-likeness (QED) is 0.841. The lowest BCUT2D eigenvalue weighted by atomic mass is 10.2. The first-order valence-corrected chi connectivity index (χ1v) is 4.79. The van der Waals surface area contributed by atoms with Crippen molar-refractivity contribution < 1.29 is 17.9 Å². The summed E-state index contributed by atoms with van der Waals surface area (Å²) in [5, 5.41) is 3.90. The lowest BCUT2D eigenvalue weighted by Gasteiger charge is -2.15. The molecule has 0 amide bonds. The monoisotopic (exact) mass is 237 g/mol. The first kappa shape index (κ1) is 13.0. The number of aromatic nitrogens is 2. The predicted molar refractivity (Wildman–Crippen MR) is 51.6 cm³/mol. The average molecular weight is 237 g/mol. The number of nitrogens with zero attached hydrogens (tertiary/aromatic N) is 2. The summed E-state index contributed by atoms with van der Waals surface area (Å²) in [6.07, 6.45) is -2.50. The number of hydrogen-bond donors (Lipinski definition) is 1. The highest BCUT2D eigenvalue weighted by Gasteiger charge is 2.27. The number of nitrogens with two attached hydrogens (primary N) is 1. The molecule has 0 spiro atoms. The van der Waals surface area contributed by atoms with Crippen LogP contribution < -0.4 is 5.73 Å². The Morgan fingerprint density at radius 2 is 2.25 bits per heavy atom. The SMILES string of the molecule is Cn1cc(C(CN)OCCC(F)(F)F)cn1. The summed E-state index contributed by atoms with van der Waals surface area (Å²) in [6, 6.07) is 0. The van der Waals surface area contributed by atoms with E-state index in [4.69, 9.17) is 10.5 Å². The number of halogens is 3. The van der Waals surface area contributed by atoms with Crippen LogP contribution in [-0.2, 0) is 11.8 Å². The molecule has 1 heterocycles. The molecule has 0 aliphatic carbocycles. The number of alkyl halides is 3. The molecule has 1 aromatic rings. The van der Waals surface area contributed by atoms with E-state index in [-0.39, 0.29) is 13.2 Å². The zero-order chi connectivity index (χ0) is 12.2. The smallest absolute Gasteiger partial charge is 0.372 e. The van der Waals surface area contributed by atoms with E-state index < -0.39 is 18.7 Å². The molecule has 16 heavy (non-hydrogen) atoms. The van der Waals surface area contributed by atoms with Gasteiger partial charge in [0.2, 0.25) is 0 Å². The number of hydrogen-bond acceptors (Lipinski definition) is 3. The van der Waals surface area contributed by atoms with E-state index in [1.807, 2.05) is 0 Å². The number of rotatable bonds is 5. The molecule has 2 N–H and O–H groups in total. The zero-order valence-corrected chi connectivity index (χ0v) is 8.87. The third kappa shape index (κ3) is 4.19. The zero-order valence-electron chi connectivity index (χ0n) is 8.87. The molecule has 1 atom stereocenters. The third-order valence-electron chi connectivity index (χ3n) is 2.02. The summed E-state index contributed by atoms with van der Waals surface area (Å²) >= 11 is 0. The Hall–Kier alpha value is -1.08. The lowest BCUT2D eigenvalue weighted by Crippen LogP contribution is -2.19. The van der Waals surface area contributed by atoms with Crippen LogP contribution >= 0.6 is 0 Å². The van der Waals surface area contributed by atoms with Crippen molar-refractivity contribution in [3.63, 3.8) is 0 Å². The number of aryl methyl sites for hydroxylation is 1. The highest BCUT2D eigenvalue weighted by molar-refractivity contribution is 5.08. The van der Waals surface area contributed by atoms with E-state index >= 15 is 0 Å². The van der Waals surface area contributed by atoms with Gasteiger partial charge in [0.05, 0.1) is 25.3 Å². The molecule has 1 rings (SSSR count). The van der Waals surface area contributed by atoms with Crippen LogP contribution in [0.2, 0.25) is 0 Å². The highest BCUT2D eigenvalue weighted by atomic mass is 19.4. The highest BCUT2D eigenvalue weighted by Crippen LogP contribution is 2.22. The summed E-state index contributed by atoms with van der Waals surface area (Å²) in [5.74, 6) is 0. The van der Waals surface area contributed by atoms with E-state index in [9.17, 15) is 13.2 Å². The van der Waals surface area contributed by atoms with Gasteiger partial charge in [-0.25, -0.2) is 0 Å². The van der Waals surface area contributed by atoms with Gasteiger partial charge in [-0.15, -0.1) is 0 Å². The van der Waals surface area contributed by atoms with Crippen LogP contribution in [0.1, 0.15) is 18.1 Å². The third-order valence-corrected chi connectivity index (χ3v) is 2.02. The molecule has 0 radical (unpaired) electrons. The molecule has 0 aliphatic heterocycles. The van der Waals surface area contributed by atoms with Gasteiger partial charge >= 0.3 is 6.18 Å². The fourth-order valence-electron chi connectivity index (χ4n) is 1.22. The van der Waals surface area contributed by atoms with Crippen molar-refractivity contribution >= 4 is 0 Å². The van der Waals surface area contributed by atoms with Crippen molar-refractivity contribution in [2.24, 2.45) is 12.8 Å². The second kappa shape index (κ2) is 5.31. The normalized spacial score (nSPS) is 14.1. The van der Waals surface area contributed by atoms with Gasteiger partial charge in [-0.3, -0.25) is 4.68 Å². The predicted octanol–water partition coefficient (Wildman–Crippen LogP) is 1.39. The Kier molecular flexibility index (Phi) is 4.31. The second-order valence-corrected chi connectivity index (χ2v) is 3.41. The fourth-order valence-corrected chi connectivity index (χ4v) is 1.22. The Morgan fingerprint density at radius 3 is 2.69 bits per heavy atom. The van der Waals surface area contributed by atoms with Crippen LogP contribution in [-0.4, -0.2) is 29.1 Å². The van der Waals surface area contributed by atoms with Gasteiger partial charge in [0.15, 0.2) is 0 Å². The molecule has 0 bridgehead atoms. The van der Waals surface area contributed by atoms with Crippen molar-refractivity contribution in [1.29, 1.82) is 0 Å². The minimum absolute atomic E-state index is 0.129. The summed E-state index contributed by atoms with van der Waals surface area (Å²) in [6.45, 7) is -0.260. The summed E-state index contributed by atoms with van der Waals surface area (Å²) < 4.78 is 42.3. The van der Waals surface area contributed by atoms with Gasteiger partial charge in [-0.1, -0.05) is 0 Å². The molecule has 0 aliphatic rings. The van der Waals surface area contributed by atoms with E-state index in [1.165, 1.54) is 6.20 Å². The van der Waals surface area contributed by atoms with E-state index in [1.54, 1.807) is 17.9 Å². The minimum atomic E-state index is -4.20. The Balaban J connectivity index is 2.44. The molecule has 4 nitrogen and oxygen atoms in total. The Morgan fingerprint density at radius 1 is 1.56 bits per heavy atom. The van der Waals surface area contributed by atoms with Crippen LogP contribution in [0.15, 0.2) is 12.4 Å². The second-order valence-electron chi connectivity index (χ2n) is 3.41. The van der Waals surface area contributed by atoms with E-state index in [0.717, 1.165) is 0 Å².